The second-order valence-electron chi connectivity index (χ2n) is 6.23. The first-order chi connectivity index (χ1) is 11.2. The molecule has 23 heavy (non-hydrogen) atoms. The lowest BCUT2D eigenvalue weighted by molar-refractivity contribution is -0.121. The molecule has 1 aromatic carbocycles. The van der Waals surface area contributed by atoms with Crippen LogP contribution in [-0.4, -0.2) is 29.9 Å². The van der Waals surface area contributed by atoms with E-state index in [0.717, 1.165) is 32.5 Å². The molecule has 3 rings (SSSR count). The van der Waals surface area contributed by atoms with Gasteiger partial charge in [0.05, 0.1) is 0 Å². The monoisotopic (exact) mass is 328 g/mol. The highest BCUT2D eigenvalue weighted by atomic mass is 32.1. The topological polar surface area (TPSA) is 32.3 Å². The van der Waals surface area contributed by atoms with Gasteiger partial charge in [-0.15, -0.1) is 11.3 Å². The summed E-state index contributed by atoms with van der Waals surface area (Å²) >= 11 is 1.87. The smallest absolute Gasteiger partial charge is 0.220 e. The molecular weight excluding hydrogens is 304 g/mol. The molecule has 0 saturated heterocycles. The van der Waals surface area contributed by atoms with Gasteiger partial charge in [-0.3, -0.25) is 9.69 Å². The van der Waals surface area contributed by atoms with Crippen LogP contribution >= 0.6 is 11.3 Å². The van der Waals surface area contributed by atoms with Crippen LogP contribution in [-0.2, 0) is 24.2 Å². The van der Waals surface area contributed by atoms with E-state index in [4.69, 9.17) is 0 Å². The SMILES string of the molecule is CC(CNC(=O)CCc1ccccc1)N1CCc2sccc2C1. The average molecular weight is 328 g/mol. The fraction of sp³-hybridized carbons (Fsp3) is 0.421. The van der Waals surface area contributed by atoms with Gasteiger partial charge in [0, 0.05) is 37.0 Å². The third kappa shape index (κ3) is 4.43. The Hall–Kier alpha value is -1.65. The Bertz CT molecular complexity index is 638. The Kier molecular flexibility index (Phi) is 5.47. The molecule has 1 unspecified atom stereocenters. The van der Waals surface area contributed by atoms with Crippen LogP contribution in [0.1, 0.15) is 29.3 Å². The van der Waals surface area contributed by atoms with E-state index in [1.807, 2.05) is 29.5 Å². The molecule has 1 aliphatic heterocycles. The molecule has 3 nitrogen and oxygen atoms in total. The number of fused-ring (bicyclic) bond motifs is 1. The minimum absolute atomic E-state index is 0.147. The van der Waals surface area contributed by atoms with Crippen molar-refractivity contribution in [1.29, 1.82) is 0 Å². The van der Waals surface area contributed by atoms with Crippen molar-refractivity contribution in [2.45, 2.75) is 38.8 Å². The van der Waals surface area contributed by atoms with Crippen LogP contribution in [0.15, 0.2) is 41.8 Å². The first-order valence-corrected chi connectivity index (χ1v) is 9.20. The average Bonchev–Trinajstić information content (AvgIpc) is 3.06. The number of rotatable bonds is 6. The van der Waals surface area contributed by atoms with E-state index < -0.39 is 0 Å². The summed E-state index contributed by atoms with van der Waals surface area (Å²) in [6, 6.07) is 12.8. The van der Waals surface area contributed by atoms with Gasteiger partial charge < -0.3 is 5.32 Å². The van der Waals surface area contributed by atoms with Crippen LogP contribution in [0.5, 0.6) is 0 Å². The molecule has 0 spiro atoms. The van der Waals surface area contributed by atoms with Crippen molar-refractivity contribution in [3.05, 3.63) is 57.8 Å². The van der Waals surface area contributed by atoms with Crippen molar-refractivity contribution in [2.24, 2.45) is 0 Å². The van der Waals surface area contributed by atoms with Crippen molar-refractivity contribution in [3.63, 3.8) is 0 Å². The molecule has 1 aromatic heterocycles. The number of aryl methyl sites for hydroxylation is 1. The molecule has 2 aromatic rings. The Morgan fingerprint density at radius 1 is 1.30 bits per heavy atom. The highest BCUT2D eigenvalue weighted by molar-refractivity contribution is 7.10. The van der Waals surface area contributed by atoms with Crippen molar-refractivity contribution >= 4 is 17.2 Å². The van der Waals surface area contributed by atoms with Crippen molar-refractivity contribution in [3.8, 4) is 0 Å². The Balaban J connectivity index is 1.40. The number of amides is 1. The fourth-order valence-electron chi connectivity index (χ4n) is 3.03. The van der Waals surface area contributed by atoms with Gasteiger partial charge in [0.15, 0.2) is 0 Å². The summed E-state index contributed by atoms with van der Waals surface area (Å²) in [7, 11) is 0. The number of benzene rings is 1. The predicted octanol–water partition coefficient (Wildman–Crippen LogP) is 3.24. The van der Waals surface area contributed by atoms with Crippen LogP contribution in [0.25, 0.3) is 0 Å². The number of carbonyl (C=O) groups is 1. The van der Waals surface area contributed by atoms with E-state index in [0.29, 0.717) is 12.5 Å². The van der Waals surface area contributed by atoms with Crippen LogP contribution < -0.4 is 5.32 Å². The molecule has 1 amide bonds. The van der Waals surface area contributed by atoms with Crippen LogP contribution in [0.2, 0.25) is 0 Å². The number of hydrogen-bond acceptors (Lipinski definition) is 3. The molecule has 0 fully saturated rings. The Labute approximate surface area is 142 Å². The van der Waals surface area contributed by atoms with Gasteiger partial charge in [0.25, 0.3) is 0 Å². The van der Waals surface area contributed by atoms with E-state index >= 15 is 0 Å². The molecule has 0 aliphatic carbocycles. The quantitative estimate of drug-likeness (QED) is 0.883. The zero-order valence-electron chi connectivity index (χ0n) is 13.6. The Morgan fingerprint density at radius 3 is 2.96 bits per heavy atom. The summed E-state index contributed by atoms with van der Waals surface area (Å²) in [6.07, 6.45) is 2.51. The minimum Gasteiger partial charge on any atom is -0.355 e. The van der Waals surface area contributed by atoms with Gasteiger partial charge >= 0.3 is 0 Å². The highest BCUT2D eigenvalue weighted by Crippen LogP contribution is 2.24. The summed E-state index contributed by atoms with van der Waals surface area (Å²) in [6.45, 7) is 5.04. The van der Waals surface area contributed by atoms with Crippen LogP contribution in [0.3, 0.4) is 0 Å². The number of nitrogens with zero attached hydrogens (tertiary/aromatic N) is 1. The fourth-order valence-corrected chi connectivity index (χ4v) is 3.92. The lowest BCUT2D eigenvalue weighted by atomic mass is 10.1. The summed E-state index contributed by atoms with van der Waals surface area (Å²) in [5.74, 6) is 0.147. The van der Waals surface area contributed by atoms with Gasteiger partial charge in [-0.05, 0) is 42.3 Å². The molecule has 0 saturated carbocycles. The maximum Gasteiger partial charge on any atom is 0.220 e. The van der Waals surface area contributed by atoms with Crippen molar-refractivity contribution in [2.75, 3.05) is 13.1 Å². The van der Waals surface area contributed by atoms with Gasteiger partial charge in [-0.1, -0.05) is 30.3 Å². The van der Waals surface area contributed by atoms with Crippen LogP contribution in [0.4, 0.5) is 0 Å². The van der Waals surface area contributed by atoms with E-state index in [-0.39, 0.29) is 5.91 Å². The molecule has 4 heteroatoms. The van der Waals surface area contributed by atoms with E-state index in [2.05, 4.69) is 40.7 Å². The third-order valence-corrected chi connectivity index (χ3v) is 5.56. The second-order valence-corrected chi connectivity index (χ2v) is 7.23. The summed E-state index contributed by atoms with van der Waals surface area (Å²) in [4.78, 5) is 16.0. The lowest BCUT2D eigenvalue weighted by Gasteiger charge is -2.32. The molecule has 122 valence electrons. The summed E-state index contributed by atoms with van der Waals surface area (Å²) in [5.41, 5.74) is 2.68. The van der Waals surface area contributed by atoms with Gasteiger partial charge in [-0.2, -0.15) is 0 Å². The molecule has 1 N–H and O–H groups in total. The maximum absolute atomic E-state index is 12.0. The molecular formula is C19H24N2OS. The van der Waals surface area contributed by atoms with E-state index in [9.17, 15) is 4.79 Å². The number of carbonyl (C=O) groups excluding carboxylic acids is 1. The number of hydrogen-bond donors (Lipinski definition) is 1. The molecule has 0 bridgehead atoms. The van der Waals surface area contributed by atoms with E-state index in [1.54, 1.807) is 0 Å². The van der Waals surface area contributed by atoms with Crippen molar-refractivity contribution in [1.82, 2.24) is 10.2 Å². The predicted molar refractivity (Wildman–Crippen MR) is 95.7 cm³/mol. The van der Waals surface area contributed by atoms with E-state index in [1.165, 1.54) is 16.0 Å². The summed E-state index contributed by atoms with van der Waals surface area (Å²) in [5, 5.41) is 5.27. The van der Waals surface area contributed by atoms with Crippen LogP contribution in [0, 0.1) is 0 Å². The van der Waals surface area contributed by atoms with Gasteiger partial charge in [-0.25, -0.2) is 0 Å². The number of thiophene rings is 1. The minimum atomic E-state index is 0.147. The van der Waals surface area contributed by atoms with Gasteiger partial charge in [0.1, 0.15) is 0 Å². The third-order valence-electron chi connectivity index (χ3n) is 4.54. The molecule has 2 heterocycles. The molecule has 1 aliphatic rings. The first kappa shape index (κ1) is 16.2. The first-order valence-electron chi connectivity index (χ1n) is 8.32. The normalized spacial score (nSPS) is 15.9. The second kappa shape index (κ2) is 7.75. The molecule has 1 atom stereocenters. The Morgan fingerprint density at radius 2 is 2.13 bits per heavy atom. The largest absolute Gasteiger partial charge is 0.355 e. The van der Waals surface area contributed by atoms with Crippen molar-refractivity contribution < 1.29 is 4.79 Å². The zero-order chi connectivity index (χ0) is 16.1. The van der Waals surface area contributed by atoms with Gasteiger partial charge in [0.2, 0.25) is 5.91 Å². The highest BCUT2D eigenvalue weighted by Gasteiger charge is 2.21. The zero-order valence-corrected chi connectivity index (χ0v) is 14.4. The molecule has 0 radical (unpaired) electrons. The summed E-state index contributed by atoms with van der Waals surface area (Å²) < 4.78 is 0. The lowest BCUT2D eigenvalue weighted by Crippen LogP contribution is -2.44. The maximum atomic E-state index is 12.0. The number of nitrogens with one attached hydrogen (secondary N) is 1. The standard InChI is InChI=1S/C19H24N2OS/c1-15(21-11-9-18-17(14-21)10-12-23-18)13-20-19(22)8-7-16-5-3-2-4-6-16/h2-6,10,12,15H,7-9,11,13-14H2,1H3,(H,20,22).